The topological polar surface area (TPSA) is 30.9 Å². The predicted octanol–water partition coefficient (Wildman–Crippen LogP) is 8.15. The van der Waals surface area contributed by atoms with Gasteiger partial charge in [0.25, 0.3) is 0 Å². The first kappa shape index (κ1) is 27.5. The molecule has 0 bridgehead atoms. The van der Waals surface area contributed by atoms with Gasteiger partial charge in [0, 0.05) is 17.1 Å². The zero-order valence-electron chi connectivity index (χ0n) is 24.2. The zero-order valence-corrected chi connectivity index (χ0v) is 25.2. The molecule has 37 heavy (non-hydrogen) atoms. The van der Waals surface area contributed by atoms with E-state index in [9.17, 15) is 0 Å². The number of benzene rings is 3. The van der Waals surface area contributed by atoms with E-state index in [0.29, 0.717) is 0 Å². The SMILES string of the molecule is Cc1ccc(N(c2ccc(O[Si](C)(C)C(C)(C)C)cc2)c2ccc(B3OC(C)(C)C(C)(C)O3)cc2)cc1. The molecular weight excluding hydrogens is 473 g/mol. The Balaban J connectivity index is 1.64. The average Bonchev–Trinajstić information content (AvgIpc) is 3.03. The van der Waals surface area contributed by atoms with Crippen LogP contribution in [0.25, 0.3) is 0 Å². The Morgan fingerprint density at radius 2 is 1.11 bits per heavy atom. The number of rotatable bonds is 6. The highest BCUT2D eigenvalue weighted by atomic mass is 28.4. The fourth-order valence-corrected chi connectivity index (χ4v) is 5.04. The van der Waals surface area contributed by atoms with E-state index in [-0.39, 0.29) is 23.4 Å². The standard InChI is InChI=1S/C31H42BNO3Si/c1-23-11-15-25(16-12-23)33(27-19-21-28(22-20-27)34-37(9,10)29(2,3)4)26-17-13-24(14-18-26)32-35-30(5,6)31(7,8)36-32/h11-22H,1-10H3. The Hall–Kier alpha value is -2.54. The van der Waals surface area contributed by atoms with Crippen LogP contribution in [0.1, 0.15) is 54.0 Å². The van der Waals surface area contributed by atoms with Crippen LogP contribution in [-0.2, 0) is 9.31 Å². The van der Waals surface area contributed by atoms with E-state index in [1.807, 2.05) is 0 Å². The molecule has 1 fully saturated rings. The van der Waals surface area contributed by atoms with Gasteiger partial charge in [0.1, 0.15) is 5.75 Å². The summed E-state index contributed by atoms with van der Waals surface area (Å²) in [6.07, 6.45) is 0. The maximum Gasteiger partial charge on any atom is 0.494 e. The van der Waals surface area contributed by atoms with E-state index in [1.54, 1.807) is 0 Å². The fraction of sp³-hybridized carbons (Fsp3) is 0.419. The number of hydrogen-bond donors (Lipinski definition) is 0. The largest absolute Gasteiger partial charge is 0.544 e. The molecule has 1 aliphatic rings. The van der Waals surface area contributed by atoms with Gasteiger partial charge in [-0.2, -0.15) is 0 Å². The highest BCUT2D eigenvalue weighted by molar-refractivity contribution is 6.74. The molecule has 0 amide bonds. The maximum atomic E-state index is 6.53. The molecule has 0 aliphatic carbocycles. The van der Waals surface area contributed by atoms with E-state index < -0.39 is 8.32 Å². The molecule has 0 saturated carbocycles. The van der Waals surface area contributed by atoms with Crippen molar-refractivity contribution >= 4 is 38.0 Å². The summed E-state index contributed by atoms with van der Waals surface area (Å²) in [7, 11) is -2.28. The summed E-state index contributed by atoms with van der Waals surface area (Å²) >= 11 is 0. The van der Waals surface area contributed by atoms with E-state index in [0.717, 1.165) is 28.3 Å². The van der Waals surface area contributed by atoms with E-state index in [4.69, 9.17) is 13.7 Å². The quantitative estimate of drug-likeness (QED) is 0.310. The van der Waals surface area contributed by atoms with Crippen LogP contribution in [0, 0.1) is 6.92 Å². The number of hydrogen-bond acceptors (Lipinski definition) is 4. The molecule has 0 aromatic heterocycles. The molecule has 3 aromatic carbocycles. The molecule has 0 atom stereocenters. The highest BCUT2D eigenvalue weighted by Gasteiger charge is 2.51. The zero-order chi connectivity index (χ0) is 27.2. The molecular formula is C31H42BNO3Si. The van der Waals surface area contributed by atoms with Crippen LogP contribution in [0.3, 0.4) is 0 Å². The predicted molar refractivity (Wildman–Crippen MR) is 159 cm³/mol. The second kappa shape index (κ2) is 9.65. The van der Waals surface area contributed by atoms with E-state index >= 15 is 0 Å². The second-order valence-corrected chi connectivity index (χ2v) is 17.4. The summed E-state index contributed by atoms with van der Waals surface area (Å²) in [5.41, 5.74) is 4.78. The molecule has 1 heterocycles. The lowest BCUT2D eigenvalue weighted by Crippen LogP contribution is -2.43. The summed E-state index contributed by atoms with van der Waals surface area (Å²) < 4.78 is 19.1. The van der Waals surface area contributed by atoms with Crippen molar-refractivity contribution in [1.29, 1.82) is 0 Å². The van der Waals surface area contributed by atoms with Crippen LogP contribution < -0.4 is 14.8 Å². The van der Waals surface area contributed by atoms with Crippen LogP contribution >= 0.6 is 0 Å². The Bertz CT molecular complexity index is 1200. The lowest BCUT2D eigenvalue weighted by molar-refractivity contribution is 0.00578. The van der Waals surface area contributed by atoms with Gasteiger partial charge in [-0.1, -0.05) is 50.6 Å². The van der Waals surface area contributed by atoms with Crippen molar-refractivity contribution in [1.82, 2.24) is 0 Å². The molecule has 4 rings (SSSR count). The van der Waals surface area contributed by atoms with Crippen molar-refractivity contribution in [3.63, 3.8) is 0 Å². The maximum absolute atomic E-state index is 6.53. The summed E-state index contributed by atoms with van der Waals surface area (Å²) in [5.74, 6) is 0.926. The summed E-state index contributed by atoms with van der Waals surface area (Å²) in [5, 5.41) is 0.151. The Morgan fingerprint density at radius 3 is 1.54 bits per heavy atom. The molecule has 0 N–H and O–H groups in total. The van der Waals surface area contributed by atoms with Crippen molar-refractivity contribution in [2.45, 2.75) is 84.7 Å². The van der Waals surface area contributed by atoms with Crippen LogP contribution in [0.5, 0.6) is 5.75 Å². The smallest absolute Gasteiger partial charge is 0.494 e. The molecule has 4 nitrogen and oxygen atoms in total. The summed E-state index contributed by atoms with van der Waals surface area (Å²) in [6.45, 7) is 21.8. The monoisotopic (exact) mass is 515 g/mol. The van der Waals surface area contributed by atoms with Gasteiger partial charge < -0.3 is 18.6 Å². The van der Waals surface area contributed by atoms with Gasteiger partial charge in [-0.15, -0.1) is 0 Å². The van der Waals surface area contributed by atoms with Crippen LogP contribution in [-0.4, -0.2) is 26.6 Å². The number of nitrogens with zero attached hydrogens (tertiary/aromatic N) is 1. The lowest BCUT2D eigenvalue weighted by Gasteiger charge is -2.36. The minimum Gasteiger partial charge on any atom is -0.544 e. The molecule has 1 saturated heterocycles. The van der Waals surface area contributed by atoms with Crippen molar-refractivity contribution in [3.05, 3.63) is 78.4 Å². The van der Waals surface area contributed by atoms with Gasteiger partial charge in [0.15, 0.2) is 0 Å². The third kappa shape index (κ3) is 5.67. The molecule has 196 valence electrons. The van der Waals surface area contributed by atoms with E-state index in [2.05, 4.69) is 146 Å². The molecule has 0 radical (unpaired) electrons. The first-order chi connectivity index (χ1) is 17.1. The first-order valence-corrected chi connectivity index (χ1v) is 16.1. The molecule has 0 unspecified atom stereocenters. The first-order valence-electron chi connectivity index (χ1n) is 13.2. The van der Waals surface area contributed by atoms with Crippen molar-refractivity contribution in [3.8, 4) is 5.75 Å². The van der Waals surface area contributed by atoms with Gasteiger partial charge in [-0.05, 0) is 107 Å². The van der Waals surface area contributed by atoms with Gasteiger partial charge in [-0.3, -0.25) is 0 Å². The van der Waals surface area contributed by atoms with Gasteiger partial charge >= 0.3 is 7.12 Å². The van der Waals surface area contributed by atoms with Crippen molar-refractivity contribution in [2.24, 2.45) is 0 Å². The molecule has 0 spiro atoms. The van der Waals surface area contributed by atoms with Gasteiger partial charge in [0.2, 0.25) is 8.32 Å². The molecule has 3 aromatic rings. The van der Waals surface area contributed by atoms with Crippen molar-refractivity contribution < 1.29 is 13.7 Å². The second-order valence-electron chi connectivity index (χ2n) is 12.7. The van der Waals surface area contributed by atoms with Crippen LogP contribution in [0.4, 0.5) is 17.1 Å². The third-order valence-corrected chi connectivity index (χ3v) is 12.6. The third-order valence-electron chi connectivity index (χ3n) is 8.24. The van der Waals surface area contributed by atoms with Crippen molar-refractivity contribution in [2.75, 3.05) is 4.90 Å². The molecule has 1 aliphatic heterocycles. The van der Waals surface area contributed by atoms with E-state index in [1.165, 1.54) is 5.56 Å². The van der Waals surface area contributed by atoms with Gasteiger partial charge in [-0.25, -0.2) is 0 Å². The Kier molecular flexibility index (Phi) is 7.17. The lowest BCUT2D eigenvalue weighted by atomic mass is 9.79. The Morgan fingerprint density at radius 1 is 0.703 bits per heavy atom. The minimum atomic E-state index is -1.90. The average molecular weight is 516 g/mol. The fourth-order valence-electron chi connectivity index (χ4n) is 4.01. The van der Waals surface area contributed by atoms with Crippen LogP contribution in [0.15, 0.2) is 72.8 Å². The number of aryl methyl sites for hydroxylation is 1. The van der Waals surface area contributed by atoms with Gasteiger partial charge in [0.05, 0.1) is 11.2 Å². The minimum absolute atomic E-state index is 0.151. The molecule has 6 heteroatoms. The Labute approximate surface area is 225 Å². The highest BCUT2D eigenvalue weighted by Crippen LogP contribution is 2.40. The van der Waals surface area contributed by atoms with Crippen LogP contribution in [0.2, 0.25) is 18.1 Å². The number of anilines is 3. The normalized spacial score (nSPS) is 17.1. The summed E-state index contributed by atoms with van der Waals surface area (Å²) in [4.78, 5) is 2.27. The summed E-state index contributed by atoms with van der Waals surface area (Å²) in [6, 6.07) is 25.6.